The number of unbranched alkanes of at least 4 members (excludes halogenated alkanes) is 18. The van der Waals surface area contributed by atoms with E-state index in [2.05, 4.69) is 104 Å². The fourth-order valence-corrected chi connectivity index (χ4v) is 10.5. The molecule has 3 aliphatic heterocycles. The van der Waals surface area contributed by atoms with Crippen molar-refractivity contribution in [2.45, 2.75) is 298 Å². The monoisotopic (exact) mass is 1230 g/mol. The Kier molecular flexibility index (Phi) is 44.3. The van der Waals surface area contributed by atoms with Crippen LogP contribution in [-0.2, 0) is 33.2 Å². The Bertz CT molecular complexity index is 1960. The Hall–Kier alpha value is -3.29. The summed E-state index contributed by atoms with van der Waals surface area (Å²) in [6.07, 6.45) is 36.7. The largest absolute Gasteiger partial charge is 0.394 e. The number of carbonyl (C=O) groups excluding carboxylic acids is 1. The SMILES string of the molecule is CC/C=C\C/C=C\C/C=C\C/C=C\C/C=C\CCCCCC(=O)NC(COC1OC(CO)C(OC2OC(CO)C(OC3OC(CO)C(O)C(O)C3O)C(O)C2O)C(O)C1O)C(O)/C=C/CC/C=C/CC/C=C/CCCCCCCCCCCCCCC. The van der Waals surface area contributed by atoms with Gasteiger partial charge in [0.05, 0.1) is 38.6 Å². The maximum Gasteiger partial charge on any atom is 0.220 e. The van der Waals surface area contributed by atoms with Crippen LogP contribution >= 0.6 is 0 Å². The minimum Gasteiger partial charge on any atom is -0.394 e. The highest BCUT2D eigenvalue weighted by Crippen LogP contribution is 2.33. The van der Waals surface area contributed by atoms with Crippen molar-refractivity contribution >= 4 is 5.91 Å². The van der Waals surface area contributed by atoms with Crippen LogP contribution in [-0.4, -0.2) is 193 Å². The van der Waals surface area contributed by atoms with E-state index in [4.69, 9.17) is 28.4 Å². The molecule has 87 heavy (non-hydrogen) atoms. The van der Waals surface area contributed by atoms with Gasteiger partial charge in [0.15, 0.2) is 18.9 Å². The normalized spacial score (nSPS) is 29.2. The lowest BCUT2D eigenvalue weighted by Crippen LogP contribution is -2.66. The summed E-state index contributed by atoms with van der Waals surface area (Å²) in [5, 5.41) is 120. The maximum atomic E-state index is 13.4. The molecule has 1 amide bonds. The first-order valence-electron chi connectivity index (χ1n) is 33.0. The lowest BCUT2D eigenvalue weighted by Gasteiger charge is -2.48. The molecule has 0 saturated carbocycles. The van der Waals surface area contributed by atoms with Crippen LogP contribution < -0.4 is 5.32 Å². The van der Waals surface area contributed by atoms with Crippen molar-refractivity contribution in [1.82, 2.24) is 5.32 Å². The Morgan fingerprint density at radius 2 is 0.805 bits per heavy atom. The van der Waals surface area contributed by atoms with Gasteiger partial charge in [0.25, 0.3) is 0 Å². The van der Waals surface area contributed by atoms with Crippen molar-refractivity contribution in [2.75, 3.05) is 26.4 Å². The maximum absolute atomic E-state index is 13.4. The van der Waals surface area contributed by atoms with Gasteiger partial charge in [-0.3, -0.25) is 4.79 Å². The molecule has 0 aromatic carbocycles. The highest BCUT2D eigenvalue weighted by molar-refractivity contribution is 5.76. The second kappa shape index (κ2) is 49.4. The first-order valence-corrected chi connectivity index (χ1v) is 33.0. The highest BCUT2D eigenvalue weighted by Gasteiger charge is 2.53. The first-order chi connectivity index (χ1) is 42.3. The van der Waals surface area contributed by atoms with E-state index in [0.717, 1.165) is 77.0 Å². The minimum absolute atomic E-state index is 0.187. The van der Waals surface area contributed by atoms with Crippen molar-refractivity contribution in [3.8, 4) is 0 Å². The molecule has 3 fully saturated rings. The van der Waals surface area contributed by atoms with Crippen LogP contribution in [0.1, 0.15) is 194 Å². The van der Waals surface area contributed by atoms with Crippen LogP contribution in [0, 0.1) is 0 Å². The van der Waals surface area contributed by atoms with Gasteiger partial charge in [-0.25, -0.2) is 0 Å². The quantitative estimate of drug-likeness (QED) is 0.0205. The molecule has 12 N–H and O–H groups in total. The van der Waals surface area contributed by atoms with Gasteiger partial charge in [-0.2, -0.15) is 0 Å². The second-order valence-electron chi connectivity index (χ2n) is 23.2. The van der Waals surface area contributed by atoms with Gasteiger partial charge in [-0.1, -0.05) is 195 Å². The number of aliphatic hydroxyl groups is 11. The summed E-state index contributed by atoms with van der Waals surface area (Å²) in [7, 11) is 0. The summed E-state index contributed by atoms with van der Waals surface area (Å²) in [6, 6.07) is -1.02. The zero-order valence-corrected chi connectivity index (χ0v) is 52.5. The molecule has 3 heterocycles. The zero-order valence-electron chi connectivity index (χ0n) is 52.5. The third-order valence-corrected chi connectivity index (χ3v) is 15.8. The smallest absolute Gasteiger partial charge is 0.220 e. The number of nitrogens with one attached hydrogen (secondary N) is 1. The van der Waals surface area contributed by atoms with Crippen LogP contribution in [0.4, 0.5) is 0 Å². The minimum atomic E-state index is -1.99. The standard InChI is InChI=1S/C68H115NO18/c1-3-5-7-9-11-13-15-17-19-21-23-24-25-26-28-29-31-33-35-37-39-41-43-45-52(73)51(69-56(74)46-44-42-40-38-36-34-32-30-27-22-20-18-16-14-12-10-8-6-4-2)50-82-66-62(80)59(77)64(54(48-71)84-66)87-68-63(81)60(78)65(55(49-72)85-68)86-67-61(79)58(76)57(75)53(47-70)83-67/h6,8,12,14,18,20,27-30,34-37,43,45,51-55,57-68,70-73,75-81H,3-5,7,9-11,13,15-17,19,21-26,31-33,38-42,44,46-50H2,1-2H3,(H,69,74)/b8-6-,14-12-,20-18-,29-28+,30-27-,36-34-,37-35+,45-43+. The third kappa shape index (κ3) is 32.0. The Balaban J connectivity index is 1.50. The molecular weight excluding hydrogens is 1120 g/mol. The Morgan fingerprint density at radius 3 is 1.29 bits per heavy atom. The molecule has 17 unspecified atom stereocenters. The zero-order chi connectivity index (χ0) is 63.3. The van der Waals surface area contributed by atoms with E-state index >= 15 is 0 Å². The first kappa shape index (κ1) is 78.0. The summed E-state index contributed by atoms with van der Waals surface area (Å²) in [5.41, 5.74) is 0. The van der Waals surface area contributed by atoms with Gasteiger partial charge in [-0.05, 0) is 89.9 Å². The van der Waals surface area contributed by atoms with Gasteiger partial charge in [0, 0.05) is 6.42 Å². The van der Waals surface area contributed by atoms with Crippen molar-refractivity contribution in [3.63, 3.8) is 0 Å². The molecule has 0 aromatic heterocycles. The predicted octanol–water partition coefficient (Wildman–Crippen LogP) is 7.71. The molecular formula is C68H115NO18. The van der Waals surface area contributed by atoms with E-state index in [1.807, 2.05) is 6.08 Å². The third-order valence-electron chi connectivity index (χ3n) is 15.8. The Morgan fingerprint density at radius 1 is 0.425 bits per heavy atom. The molecule has 0 spiro atoms. The molecule has 0 aliphatic carbocycles. The fraction of sp³-hybridized carbons (Fsp3) is 0.750. The number of amides is 1. The van der Waals surface area contributed by atoms with Crippen molar-refractivity contribution in [2.24, 2.45) is 0 Å². The van der Waals surface area contributed by atoms with Crippen LogP contribution in [0.2, 0.25) is 0 Å². The molecule has 0 bridgehead atoms. The number of allylic oxidation sites excluding steroid dienone is 15. The molecule has 0 radical (unpaired) electrons. The van der Waals surface area contributed by atoms with Gasteiger partial charge in [0.2, 0.25) is 5.91 Å². The van der Waals surface area contributed by atoms with Crippen LogP contribution in [0.5, 0.6) is 0 Å². The van der Waals surface area contributed by atoms with Crippen LogP contribution in [0.3, 0.4) is 0 Å². The molecule has 3 saturated heterocycles. The molecule has 19 nitrogen and oxygen atoms in total. The van der Waals surface area contributed by atoms with Crippen molar-refractivity contribution in [1.29, 1.82) is 0 Å². The van der Waals surface area contributed by atoms with Crippen LogP contribution in [0.15, 0.2) is 97.2 Å². The van der Waals surface area contributed by atoms with Gasteiger partial charge >= 0.3 is 0 Å². The molecule has 0 aromatic rings. The summed E-state index contributed by atoms with van der Waals surface area (Å²) < 4.78 is 34.3. The number of rotatable bonds is 48. The molecule has 3 rings (SSSR count). The average molecular weight is 1230 g/mol. The summed E-state index contributed by atoms with van der Waals surface area (Å²) in [5.74, 6) is -0.325. The van der Waals surface area contributed by atoms with E-state index in [9.17, 15) is 61.0 Å². The average Bonchev–Trinajstić information content (AvgIpc) is 2.87. The molecule has 500 valence electrons. The van der Waals surface area contributed by atoms with Crippen molar-refractivity contribution in [3.05, 3.63) is 97.2 Å². The Labute approximate surface area is 520 Å². The van der Waals surface area contributed by atoms with E-state index in [1.165, 1.54) is 83.5 Å². The lowest BCUT2D eigenvalue weighted by molar-refractivity contribution is -0.379. The van der Waals surface area contributed by atoms with E-state index in [0.29, 0.717) is 12.8 Å². The molecule has 17 atom stereocenters. The lowest BCUT2D eigenvalue weighted by atomic mass is 9.96. The number of hydrogen-bond acceptors (Lipinski definition) is 18. The fourth-order valence-electron chi connectivity index (χ4n) is 10.5. The van der Waals surface area contributed by atoms with E-state index in [-0.39, 0.29) is 12.3 Å². The van der Waals surface area contributed by atoms with Gasteiger partial charge in [-0.15, -0.1) is 0 Å². The van der Waals surface area contributed by atoms with Crippen molar-refractivity contribution < 1.29 is 89.4 Å². The summed E-state index contributed by atoms with van der Waals surface area (Å²) >= 11 is 0. The topological polar surface area (TPSA) is 307 Å². The second-order valence-corrected chi connectivity index (χ2v) is 23.2. The summed E-state index contributed by atoms with van der Waals surface area (Å²) in [6.45, 7) is 1.55. The number of ether oxygens (including phenoxy) is 6. The van der Waals surface area contributed by atoms with Gasteiger partial charge in [0.1, 0.15) is 73.2 Å². The van der Waals surface area contributed by atoms with E-state index < -0.39 is 131 Å². The molecule has 19 heteroatoms. The van der Waals surface area contributed by atoms with E-state index in [1.54, 1.807) is 6.08 Å². The van der Waals surface area contributed by atoms with Gasteiger partial charge < -0.3 is 89.9 Å². The number of aliphatic hydroxyl groups excluding tert-OH is 11. The summed E-state index contributed by atoms with van der Waals surface area (Å²) in [4.78, 5) is 13.4. The van der Waals surface area contributed by atoms with Crippen LogP contribution in [0.25, 0.3) is 0 Å². The highest BCUT2D eigenvalue weighted by atomic mass is 16.8. The number of carbonyl (C=O) groups is 1. The predicted molar refractivity (Wildman–Crippen MR) is 337 cm³/mol. The number of hydrogen-bond donors (Lipinski definition) is 12. The molecule has 3 aliphatic rings.